The Morgan fingerprint density at radius 2 is 1.66 bits per heavy atom. The van der Waals surface area contributed by atoms with Crippen LogP contribution in [-0.2, 0) is 0 Å². The molecule has 200 valence electrons. The molecule has 4 rings (SSSR count). The molecule has 0 unspecified atom stereocenters. The zero-order valence-corrected chi connectivity index (χ0v) is 23.6. The molecule has 0 bridgehead atoms. The highest BCUT2D eigenvalue weighted by Gasteiger charge is 2.63. The zero-order valence-electron chi connectivity index (χ0n) is 23.6. The van der Waals surface area contributed by atoms with Crippen LogP contribution in [0.2, 0.25) is 0 Å². The Bertz CT molecular complexity index is 871. The van der Waals surface area contributed by atoms with Gasteiger partial charge in [-0.1, -0.05) is 65.8 Å². The molecule has 4 aliphatic rings. The summed E-state index contributed by atoms with van der Waals surface area (Å²) in [4.78, 5) is 0. The molecule has 4 heteroatoms. The van der Waals surface area contributed by atoms with E-state index < -0.39 is 12.2 Å². The largest absolute Gasteiger partial charge is 0.400 e. The molecule has 0 saturated heterocycles. The molecule has 0 heterocycles. The summed E-state index contributed by atoms with van der Waals surface area (Å²) >= 11 is 0. The summed E-state index contributed by atoms with van der Waals surface area (Å²) in [5.41, 5.74) is 4.12. The van der Waals surface area contributed by atoms with E-state index in [9.17, 15) is 15.3 Å². The lowest BCUT2D eigenvalue weighted by atomic mass is 9.44. The molecular weight excluding hydrogens is 436 g/mol. The van der Waals surface area contributed by atoms with Gasteiger partial charge < -0.3 is 20.4 Å². The van der Waals surface area contributed by atoms with Crippen LogP contribution in [0.5, 0.6) is 0 Å². The van der Waals surface area contributed by atoms with E-state index in [2.05, 4.69) is 60.3 Å². The van der Waals surface area contributed by atoms with Crippen molar-refractivity contribution in [3.05, 3.63) is 35.5 Å². The van der Waals surface area contributed by atoms with Crippen LogP contribution in [0.4, 0.5) is 0 Å². The second-order valence-electron chi connectivity index (χ2n) is 13.4. The molecular formula is C31H52O4. The van der Waals surface area contributed by atoms with Gasteiger partial charge in [0.25, 0.3) is 0 Å². The first-order valence-corrected chi connectivity index (χ1v) is 13.8. The van der Waals surface area contributed by atoms with Gasteiger partial charge >= 0.3 is 0 Å². The molecule has 2 saturated carbocycles. The van der Waals surface area contributed by atoms with Crippen LogP contribution >= 0.6 is 0 Å². The minimum Gasteiger partial charge on any atom is -0.400 e. The van der Waals surface area contributed by atoms with E-state index in [0.717, 1.165) is 51.2 Å². The lowest BCUT2D eigenvalue weighted by Gasteiger charge is -2.61. The van der Waals surface area contributed by atoms with E-state index in [-0.39, 0.29) is 33.7 Å². The van der Waals surface area contributed by atoms with Crippen molar-refractivity contribution in [3.8, 4) is 0 Å². The monoisotopic (exact) mass is 488 g/mol. The highest BCUT2D eigenvalue weighted by Crippen LogP contribution is 2.71. The van der Waals surface area contributed by atoms with Gasteiger partial charge in [0.1, 0.15) is 0 Å². The standard InChI is InChI=1S/C30H48O3.CH4O/c1-18(2)23(31)17-24(32)19(3)20-11-15-30(8)22-9-10-25-27(4,5)26(33)13-14-28(25,6)21(22)12-16-29(20,30)7;1-2/h9,12,19-20,23-26,31-33H,1,10-11,13-17H2,2-8H3;2H,1H3/t19-,20+,23+,24-,25-,26-,28+,29+,30-;/m0./s1. The van der Waals surface area contributed by atoms with Crippen LogP contribution in [0.25, 0.3) is 0 Å². The van der Waals surface area contributed by atoms with Crippen molar-refractivity contribution in [2.75, 3.05) is 7.11 Å². The molecule has 0 radical (unpaired) electrons. The number of rotatable bonds is 5. The lowest BCUT2D eigenvalue weighted by Crippen LogP contribution is -2.54. The second kappa shape index (κ2) is 9.74. The van der Waals surface area contributed by atoms with E-state index in [0.29, 0.717) is 18.3 Å². The van der Waals surface area contributed by atoms with Crippen LogP contribution in [0, 0.1) is 39.4 Å². The average Bonchev–Trinajstić information content (AvgIpc) is 3.08. The summed E-state index contributed by atoms with van der Waals surface area (Å²) in [6, 6.07) is 0. The van der Waals surface area contributed by atoms with Gasteiger partial charge in [-0.2, -0.15) is 0 Å². The fourth-order valence-electron chi connectivity index (χ4n) is 8.79. The van der Waals surface area contributed by atoms with Gasteiger partial charge in [0.2, 0.25) is 0 Å². The first kappa shape index (κ1) is 28.6. The maximum absolute atomic E-state index is 11.0. The van der Waals surface area contributed by atoms with Crippen molar-refractivity contribution in [2.45, 2.75) is 112 Å². The van der Waals surface area contributed by atoms with Gasteiger partial charge in [0.15, 0.2) is 0 Å². The maximum Gasteiger partial charge on any atom is 0.0769 e. The first-order valence-electron chi connectivity index (χ1n) is 13.8. The quantitative estimate of drug-likeness (QED) is 0.368. The van der Waals surface area contributed by atoms with E-state index >= 15 is 0 Å². The maximum atomic E-state index is 11.0. The molecule has 0 aromatic carbocycles. The van der Waals surface area contributed by atoms with E-state index in [4.69, 9.17) is 5.11 Å². The summed E-state index contributed by atoms with van der Waals surface area (Å²) in [5.74, 6) is 1.03. The van der Waals surface area contributed by atoms with Crippen molar-refractivity contribution in [1.29, 1.82) is 0 Å². The van der Waals surface area contributed by atoms with Crippen LogP contribution in [0.1, 0.15) is 93.4 Å². The Morgan fingerprint density at radius 3 is 2.26 bits per heavy atom. The summed E-state index contributed by atoms with van der Waals surface area (Å²) in [5, 5.41) is 39.1. The highest BCUT2D eigenvalue weighted by atomic mass is 16.3. The third-order valence-electron chi connectivity index (χ3n) is 11.6. The molecule has 0 aromatic rings. The van der Waals surface area contributed by atoms with Crippen LogP contribution < -0.4 is 0 Å². The number of aliphatic hydroxyl groups is 4. The van der Waals surface area contributed by atoms with Gasteiger partial charge in [-0.3, -0.25) is 0 Å². The number of hydrogen-bond acceptors (Lipinski definition) is 4. The normalized spacial score (nSPS) is 42.1. The number of hydrogen-bond donors (Lipinski definition) is 4. The van der Waals surface area contributed by atoms with Gasteiger partial charge in [-0.15, -0.1) is 0 Å². The molecule has 4 nitrogen and oxygen atoms in total. The molecule has 4 N–H and O–H groups in total. The first-order chi connectivity index (χ1) is 16.2. The molecule has 0 aliphatic heterocycles. The minimum atomic E-state index is -0.635. The Labute approximate surface area is 214 Å². The molecule has 9 atom stereocenters. The van der Waals surface area contributed by atoms with Gasteiger partial charge in [-0.25, -0.2) is 0 Å². The van der Waals surface area contributed by atoms with E-state index in [1.807, 2.05) is 6.92 Å². The van der Waals surface area contributed by atoms with Gasteiger partial charge in [0.05, 0.1) is 18.3 Å². The summed E-state index contributed by atoms with van der Waals surface area (Å²) < 4.78 is 0. The second-order valence-corrected chi connectivity index (χ2v) is 13.4. The minimum absolute atomic E-state index is 0.0710. The predicted octanol–water partition coefficient (Wildman–Crippen LogP) is 5.81. The average molecular weight is 489 g/mol. The number of aliphatic hydroxyl groups excluding tert-OH is 4. The topological polar surface area (TPSA) is 80.9 Å². The third-order valence-corrected chi connectivity index (χ3v) is 11.6. The number of allylic oxidation sites excluding steroid dienone is 4. The summed E-state index contributed by atoms with van der Waals surface area (Å²) in [6.45, 7) is 19.8. The van der Waals surface area contributed by atoms with E-state index in [1.54, 1.807) is 11.1 Å². The Morgan fingerprint density at radius 1 is 1.03 bits per heavy atom. The predicted molar refractivity (Wildman–Crippen MR) is 144 cm³/mol. The van der Waals surface area contributed by atoms with Crippen molar-refractivity contribution >= 4 is 0 Å². The van der Waals surface area contributed by atoms with Crippen LogP contribution in [-0.4, -0.2) is 45.8 Å². The molecule has 2 fully saturated rings. The highest BCUT2D eigenvalue weighted by molar-refractivity contribution is 5.49. The zero-order chi connectivity index (χ0) is 26.6. The lowest BCUT2D eigenvalue weighted by molar-refractivity contribution is -0.0856. The van der Waals surface area contributed by atoms with Crippen LogP contribution in [0.3, 0.4) is 0 Å². The Hall–Kier alpha value is -0.940. The van der Waals surface area contributed by atoms with Crippen molar-refractivity contribution < 1.29 is 20.4 Å². The van der Waals surface area contributed by atoms with Crippen LogP contribution in [0.15, 0.2) is 35.5 Å². The summed E-state index contributed by atoms with van der Waals surface area (Å²) in [7, 11) is 1.00. The van der Waals surface area contributed by atoms with Crippen molar-refractivity contribution in [1.82, 2.24) is 0 Å². The van der Waals surface area contributed by atoms with Gasteiger partial charge in [0, 0.05) is 13.5 Å². The third kappa shape index (κ3) is 4.21. The van der Waals surface area contributed by atoms with Crippen molar-refractivity contribution in [2.24, 2.45) is 39.4 Å². The Kier molecular flexibility index (Phi) is 7.97. The summed E-state index contributed by atoms with van der Waals surface area (Å²) in [6.07, 6.45) is 10.4. The molecule has 0 aromatic heterocycles. The van der Waals surface area contributed by atoms with Crippen molar-refractivity contribution in [3.63, 3.8) is 0 Å². The SMILES string of the molecule is C=C(C)[C@H](O)C[C@H](O)[C@@H](C)[C@H]1CC[C@@]2(C)C3=CC[C@H]4C(C)(C)[C@@H](O)CC[C@]4(C)C3=CC[C@]12C.CO. The molecule has 4 aliphatic carbocycles. The molecule has 35 heavy (non-hydrogen) atoms. The van der Waals surface area contributed by atoms with Gasteiger partial charge in [-0.05, 0) is 96.0 Å². The molecule has 0 amide bonds. The number of fused-ring (bicyclic) bond motifs is 5. The van der Waals surface area contributed by atoms with E-state index in [1.165, 1.54) is 0 Å². The Balaban J connectivity index is 0.00000167. The smallest absolute Gasteiger partial charge is 0.0769 e. The molecule has 0 spiro atoms. The fraction of sp³-hybridized carbons (Fsp3) is 0.806. The fourth-order valence-corrected chi connectivity index (χ4v) is 8.79.